The minimum absolute atomic E-state index is 0.230. The van der Waals surface area contributed by atoms with Gasteiger partial charge in [-0.1, -0.05) is 44.9 Å². The number of hydrogen-bond donors (Lipinski definition) is 1. The molecule has 21 heavy (non-hydrogen) atoms. The number of rotatable bonds is 8. The summed E-state index contributed by atoms with van der Waals surface area (Å²) in [5.41, 5.74) is 0.193. The maximum atomic E-state index is 12.8. The first kappa shape index (κ1) is 18.0. The second-order valence-electron chi connectivity index (χ2n) is 5.63. The molecule has 0 spiro atoms. The van der Waals surface area contributed by atoms with E-state index in [4.69, 9.17) is 0 Å². The first-order valence-electron chi connectivity index (χ1n) is 7.75. The highest BCUT2D eigenvalue weighted by Gasteiger charge is 2.30. The van der Waals surface area contributed by atoms with Crippen molar-refractivity contribution >= 4 is 0 Å². The molecule has 0 aliphatic heterocycles. The van der Waals surface area contributed by atoms with Crippen LogP contribution in [0.4, 0.5) is 13.2 Å². The van der Waals surface area contributed by atoms with E-state index in [0.29, 0.717) is 12.3 Å². The molecule has 0 radical (unpaired) electrons. The minimum atomic E-state index is -4.27. The van der Waals surface area contributed by atoms with Crippen LogP contribution >= 0.6 is 0 Å². The Hall–Kier alpha value is -1.03. The standard InChI is InChI=1S/C17H26F3N/c1-4-7-14(8-5-2)16(21-3)12-13-9-6-10-15(11-13)17(18,19)20/h6,9-11,14,16,21H,4-5,7-8,12H2,1-3H3. The van der Waals surface area contributed by atoms with Crippen molar-refractivity contribution in [2.24, 2.45) is 5.92 Å². The molecule has 1 aromatic carbocycles. The average Bonchev–Trinajstić information content (AvgIpc) is 2.44. The molecule has 0 heterocycles. The molecule has 0 amide bonds. The molecule has 0 bridgehead atoms. The zero-order chi connectivity index (χ0) is 15.9. The van der Waals surface area contributed by atoms with Gasteiger partial charge < -0.3 is 5.32 Å². The van der Waals surface area contributed by atoms with E-state index in [1.807, 2.05) is 7.05 Å². The molecule has 0 aromatic heterocycles. The smallest absolute Gasteiger partial charge is 0.316 e. The highest BCUT2D eigenvalue weighted by molar-refractivity contribution is 5.26. The largest absolute Gasteiger partial charge is 0.416 e. The predicted molar refractivity (Wildman–Crippen MR) is 81.3 cm³/mol. The molecule has 1 atom stereocenters. The van der Waals surface area contributed by atoms with Gasteiger partial charge in [-0.3, -0.25) is 0 Å². The third-order valence-electron chi connectivity index (χ3n) is 3.97. The Morgan fingerprint density at radius 2 is 1.71 bits per heavy atom. The van der Waals surface area contributed by atoms with E-state index in [-0.39, 0.29) is 6.04 Å². The van der Waals surface area contributed by atoms with E-state index in [1.165, 1.54) is 12.1 Å². The predicted octanol–water partition coefficient (Wildman–Crippen LogP) is 5.05. The number of benzene rings is 1. The van der Waals surface area contributed by atoms with Crippen LogP contribution in [0, 0.1) is 5.92 Å². The molecule has 1 nitrogen and oxygen atoms in total. The van der Waals surface area contributed by atoms with Crippen LogP contribution < -0.4 is 5.32 Å². The molecule has 1 aromatic rings. The Morgan fingerprint density at radius 3 is 2.19 bits per heavy atom. The fraction of sp³-hybridized carbons (Fsp3) is 0.647. The Balaban J connectivity index is 2.85. The molecule has 0 saturated heterocycles. The molecule has 1 N–H and O–H groups in total. The Morgan fingerprint density at radius 1 is 1.10 bits per heavy atom. The van der Waals surface area contributed by atoms with E-state index in [9.17, 15) is 13.2 Å². The van der Waals surface area contributed by atoms with Crippen molar-refractivity contribution in [1.29, 1.82) is 0 Å². The van der Waals surface area contributed by atoms with Gasteiger partial charge in [0.15, 0.2) is 0 Å². The van der Waals surface area contributed by atoms with Gasteiger partial charge in [-0.25, -0.2) is 0 Å². The molecule has 1 rings (SSSR count). The molecule has 1 unspecified atom stereocenters. The summed E-state index contributed by atoms with van der Waals surface area (Å²) < 4.78 is 38.3. The third kappa shape index (κ3) is 5.70. The van der Waals surface area contributed by atoms with Gasteiger partial charge in [0.25, 0.3) is 0 Å². The number of hydrogen-bond acceptors (Lipinski definition) is 1. The Kier molecular flexibility index (Phi) is 7.23. The van der Waals surface area contributed by atoms with Crippen molar-refractivity contribution in [3.8, 4) is 0 Å². The van der Waals surface area contributed by atoms with Crippen LogP contribution in [-0.4, -0.2) is 13.1 Å². The van der Waals surface area contributed by atoms with Crippen molar-refractivity contribution in [3.63, 3.8) is 0 Å². The van der Waals surface area contributed by atoms with E-state index in [1.54, 1.807) is 6.07 Å². The van der Waals surface area contributed by atoms with Crippen molar-refractivity contribution < 1.29 is 13.2 Å². The normalized spacial score (nSPS) is 13.7. The van der Waals surface area contributed by atoms with Crippen molar-refractivity contribution in [2.75, 3.05) is 7.05 Å². The van der Waals surface area contributed by atoms with Gasteiger partial charge >= 0.3 is 6.18 Å². The molecule has 0 aliphatic carbocycles. The second-order valence-corrected chi connectivity index (χ2v) is 5.63. The lowest BCUT2D eigenvalue weighted by Crippen LogP contribution is -2.35. The van der Waals surface area contributed by atoms with Gasteiger partial charge in [0.05, 0.1) is 5.56 Å². The molecule has 0 aliphatic rings. The van der Waals surface area contributed by atoms with Gasteiger partial charge in [0.2, 0.25) is 0 Å². The summed E-state index contributed by atoms with van der Waals surface area (Å²) >= 11 is 0. The first-order chi connectivity index (χ1) is 9.92. The van der Waals surface area contributed by atoms with Gasteiger partial charge in [-0.15, -0.1) is 0 Å². The first-order valence-corrected chi connectivity index (χ1v) is 7.75. The quantitative estimate of drug-likeness (QED) is 0.708. The number of likely N-dealkylation sites (N-methyl/N-ethyl adjacent to an activating group) is 1. The van der Waals surface area contributed by atoms with Gasteiger partial charge in [-0.05, 0) is 43.9 Å². The summed E-state index contributed by atoms with van der Waals surface area (Å²) in [5, 5.41) is 3.30. The zero-order valence-corrected chi connectivity index (χ0v) is 13.1. The van der Waals surface area contributed by atoms with Crippen molar-refractivity contribution in [3.05, 3.63) is 35.4 Å². The molecule has 120 valence electrons. The zero-order valence-electron chi connectivity index (χ0n) is 13.1. The Labute approximate surface area is 125 Å². The highest BCUT2D eigenvalue weighted by Crippen LogP contribution is 2.30. The van der Waals surface area contributed by atoms with Crippen LogP contribution in [-0.2, 0) is 12.6 Å². The summed E-state index contributed by atoms with van der Waals surface area (Å²) in [7, 11) is 1.90. The number of halogens is 3. The molecular formula is C17H26F3N. The second kappa shape index (κ2) is 8.42. The van der Waals surface area contributed by atoms with Crippen LogP contribution in [0.2, 0.25) is 0 Å². The van der Waals surface area contributed by atoms with E-state index >= 15 is 0 Å². The van der Waals surface area contributed by atoms with Crippen LogP contribution in [0.3, 0.4) is 0 Å². The molecular weight excluding hydrogens is 275 g/mol. The maximum Gasteiger partial charge on any atom is 0.416 e. The van der Waals surface area contributed by atoms with Gasteiger partial charge in [0, 0.05) is 6.04 Å². The van der Waals surface area contributed by atoms with Crippen LogP contribution in [0.15, 0.2) is 24.3 Å². The Bertz CT molecular complexity index is 409. The topological polar surface area (TPSA) is 12.0 Å². The lowest BCUT2D eigenvalue weighted by Gasteiger charge is -2.27. The van der Waals surface area contributed by atoms with Gasteiger partial charge in [-0.2, -0.15) is 13.2 Å². The summed E-state index contributed by atoms with van der Waals surface area (Å²) in [5.74, 6) is 0.513. The summed E-state index contributed by atoms with van der Waals surface area (Å²) in [4.78, 5) is 0. The lowest BCUT2D eigenvalue weighted by atomic mass is 9.86. The van der Waals surface area contributed by atoms with Crippen molar-refractivity contribution in [2.45, 2.75) is 58.2 Å². The SMILES string of the molecule is CCCC(CCC)C(Cc1cccc(C(F)(F)F)c1)NC. The highest BCUT2D eigenvalue weighted by atomic mass is 19.4. The van der Waals surface area contributed by atoms with Crippen molar-refractivity contribution in [1.82, 2.24) is 5.32 Å². The van der Waals surface area contributed by atoms with Crippen LogP contribution in [0.25, 0.3) is 0 Å². The molecule has 0 saturated carbocycles. The monoisotopic (exact) mass is 301 g/mol. The number of alkyl halides is 3. The molecule has 4 heteroatoms. The summed E-state index contributed by atoms with van der Waals surface area (Å²) in [6.45, 7) is 4.30. The van der Waals surface area contributed by atoms with Crippen LogP contribution in [0.1, 0.15) is 50.7 Å². The maximum absolute atomic E-state index is 12.8. The lowest BCUT2D eigenvalue weighted by molar-refractivity contribution is -0.137. The average molecular weight is 301 g/mol. The molecule has 0 fully saturated rings. The third-order valence-corrected chi connectivity index (χ3v) is 3.97. The fourth-order valence-corrected chi connectivity index (χ4v) is 2.92. The fourth-order valence-electron chi connectivity index (χ4n) is 2.92. The van der Waals surface area contributed by atoms with E-state index < -0.39 is 11.7 Å². The summed E-state index contributed by atoms with van der Waals surface area (Å²) in [6, 6.07) is 5.93. The number of nitrogens with one attached hydrogen (secondary N) is 1. The summed E-state index contributed by atoms with van der Waals surface area (Å²) in [6.07, 6.45) is 0.802. The minimum Gasteiger partial charge on any atom is -0.316 e. The van der Waals surface area contributed by atoms with E-state index in [0.717, 1.165) is 37.3 Å². The van der Waals surface area contributed by atoms with Crippen LogP contribution in [0.5, 0.6) is 0 Å². The van der Waals surface area contributed by atoms with E-state index in [2.05, 4.69) is 19.2 Å². The van der Waals surface area contributed by atoms with Gasteiger partial charge in [0.1, 0.15) is 0 Å².